The second kappa shape index (κ2) is 9.04. The van der Waals surface area contributed by atoms with Crippen molar-refractivity contribution in [3.63, 3.8) is 0 Å². The van der Waals surface area contributed by atoms with Crippen LogP contribution in [-0.4, -0.2) is 24.7 Å². The van der Waals surface area contributed by atoms with Crippen molar-refractivity contribution >= 4 is 18.2 Å². The molecular weight excluding hydrogens is 296 g/mol. The minimum Gasteiger partial charge on any atom is -0.467 e. The first-order valence-corrected chi connectivity index (χ1v) is 7.12. The van der Waals surface area contributed by atoms with E-state index in [1.54, 1.807) is 18.3 Å². The number of nitrogens with one attached hydrogen (secondary N) is 3. The molecule has 1 aromatic carbocycles. The van der Waals surface area contributed by atoms with Gasteiger partial charge >= 0.3 is 6.03 Å². The van der Waals surface area contributed by atoms with Crippen molar-refractivity contribution in [1.29, 1.82) is 0 Å². The Morgan fingerprint density at radius 3 is 2.65 bits per heavy atom. The van der Waals surface area contributed by atoms with Crippen LogP contribution in [-0.2, 0) is 17.8 Å². The second-order valence-electron chi connectivity index (χ2n) is 4.65. The van der Waals surface area contributed by atoms with Crippen molar-refractivity contribution in [3.05, 3.63) is 60.1 Å². The predicted octanol–water partition coefficient (Wildman–Crippen LogP) is 1.42. The lowest BCUT2D eigenvalue weighted by molar-refractivity contribution is -0.120. The minimum absolute atomic E-state index is 0.160. The third kappa shape index (κ3) is 6.47. The van der Waals surface area contributed by atoms with Crippen LogP contribution in [0, 0.1) is 0 Å². The van der Waals surface area contributed by atoms with Crippen molar-refractivity contribution in [1.82, 2.24) is 16.1 Å². The first kappa shape index (κ1) is 16.3. The SMILES string of the molecule is O=C(CNC(=O)NCc1ccco1)N/N=C/Cc1ccccc1. The fourth-order valence-corrected chi connectivity index (χ4v) is 1.73. The highest BCUT2D eigenvalue weighted by molar-refractivity contribution is 5.84. The van der Waals surface area contributed by atoms with Gasteiger partial charge in [0.15, 0.2) is 0 Å². The van der Waals surface area contributed by atoms with Crippen LogP contribution in [0.3, 0.4) is 0 Å². The molecule has 7 heteroatoms. The lowest BCUT2D eigenvalue weighted by Gasteiger charge is -2.05. The van der Waals surface area contributed by atoms with Crippen molar-refractivity contribution in [2.75, 3.05) is 6.54 Å². The average molecular weight is 314 g/mol. The van der Waals surface area contributed by atoms with E-state index in [2.05, 4.69) is 21.2 Å². The Bertz CT molecular complexity index is 639. The number of rotatable bonds is 7. The highest BCUT2D eigenvalue weighted by Gasteiger charge is 2.04. The van der Waals surface area contributed by atoms with E-state index in [1.165, 1.54) is 6.26 Å². The van der Waals surface area contributed by atoms with Crippen LogP contribution in [0.4, 0.5) is 4.79 Å². The third-order valence-corrected chi connectivity index (χ3v) is 2.86. The fraction of sp³-hybridized carbons (Fsp3) is 0.188. The molecule has 2 rings (SSSR count). The summed E-state index contributed by atoms with van der Waals surface area (Å²) in [5.41, 5.74) is 3.45. The largest absolute Gasteiger partial charge is 0.467 e. The molecule has 0 aliphatic heterocycles. The van der Waals surface area contributed by atoms with Gasteiger partial charge in [-0.25, -0.2) is 10.2 Å². The normalized spacial score (nSPS) is 10.4. The van der Waals surface area contributed by atoms with E-state index in [0.29, 0.717) is 12.2 Å². The molecule has 7 nitrogen and oxygen atoms in total. The van der Waals surface area contributed by atoms with Crippen molar-refractivity contribution < 1.29 is 14.0 Å². The number of hydrogen-bond donors (Lipinski definition) is 3. The highest BCUT2D eigenvalue weighted by atomic mass is 16.3. The molecule has 0 saturated carbocycles. The van der Waals surface area contributed by atoms with Gasteiger partial charge in [0, 0.05) is 12.6 Å². The molecule has 3 amide bonds. The minimum atomic E-state index is -0.454. The van der Waals surface area contributed by atoms with E-state index in [0.717, 1.165) is 5.56 Å². The Morgan fingerprint density at radius 1 is 1.09 bits per heavy atom. The number of hydrogen-bond acceptors (Lipinski definition) is 4. The summed E-state index contributed by atoms with van der Waals surface area (Å²) >= 11 is 0. The Balaban J connectivity index is 1.58. The molecule has 1 aromatic heterocycles. The molecule has 0 aliphatic rings. The number of amides is 3. The number of carbonyl (C=O) groups is 2. The second-order valence-corrected chi connectivity index (χ2v) is 4.65. The molecule has 0 bridgehead atoms. The van der Waals surface area contributed by atoms with Gasteiger partial charge in [-0.15, -0.1) is 0 Å². The van der Waals surface area contributed by atoms with Crippen LogP contribution < -0.4 is 16.1 Å². The predicted molar refractivity (Wildman–Crippen MR) is 85.7 cm³/mol. The van der Waals surface area contributed by atoms with Crippen LogP contribution in [0.2, 0.25) is 0 Å². The van der Waals surface area contributed by atoms with Crippen molar-refractivity contribution in [3.8, 4) is 0 Å². The number of hydrazone groups is 1. The van der Waals surface area contributed by atoms with Crippen molar-refractivity contribution in [2.45, 2.75) is 13.0 Å². The number of nitrogens with zero attached hydrogens (tertiary/aromatic N) is 1. The summed E-state index contributed by atoms with van der Waals surface area (Å²) in [6.07, 6.45) is 3.75. The zero-order chi connectivity index (χ0) is 16.3. The maximum Gasteiger partial charge on any atom is 0.315 e. The molecule has 0 atom stereocenters. The molecule has 0 aliphatic carbocycles. The Labute approximate surface area is 133 Å². The number of carbonyl (C=O) groups excluding carboxylic acids is 2. The van der Waals surface area contributed by atoms with Crippen LogP contribution in [0.5, 0.6) is 0 Å². The summed E-state index contributed by atoms with van der Waals surface area (Å²) < 4.78 is 5.07. The molecule has 0 radical (unpaired) electrons. The maximum atomic E-state index is 11.5. The highest BCUT2D eigenvalue weighted by Crippen LogP contribution is 1.98. The van der Waals surface area contributed by atoms with E-state index >= 15 is 0 Å². The first-order valence-electron chi connectivity index (χ1n) is 7.12. The zero-order valence-corrected chi connectivity index (χ0v) is 12.5. The summed E-state index contributed by atoms with van der Waals surface area (Å²) in [5, 5.41) is 8.81. The lowest BCUT2D eigenvalue weighted by atomic mass is 10.2. The molecule has 23 heavy (non-hydrogen) atoms. The molecule has 120 valence electrons. The van der Waals surface area contributed by atoms with Gasteiger partial charge in [0.05, 0.1) is 12.8 Å². The Morgan fingerprint density at radius 2 is 1.91 bits per heavy atom. The van der Waals surface area contributed by atoms with E-state index in [9.17, 15) is 9.59 Å². The van der Waals surface area contributed by atoms with Gasteiger partial charge in [0.2, 0.25) is 0 Å². The Kier molecular flexibility index (Phi) is 6.40. The Hall–Kier alpha value is -3.09. The smallest absolute Gasteiger partial charge is 0.315 e. The molecule has 3 N–H and O–H groups in total. The van der Waals surface area contributed by atoms with Gasteiger partial charge < -0.3 is 15.1 Å². The van der Waals surface area contributed by atoms with E-state index in [1.807, 2.05) is 30.3 Å². The van der Waals surface area contributed by atoms with Gasteiger partial charge in [0.1, 0.15) is 12.3 Å². The summed E-state index contributed by atoms with van der Waals surface area (Å²) in [5.74, 6) is 0.234. The van der Waals surface area contributed by atoms with Gasteiger partial charge in [0.25, 0.3) is 5.91 Å². The summed E-state index contributed by atoms with van der Waals surface area (Å²) in [6.45, 7) is 0.0995. The van der Waals surface area contributed by atoms with Gasteiger partial charge in [-0.1, -0.05) is 30.3 Å². The summed E-state index contributed by atoms with van der Waals surface area (Å²) in [6, 6.07) is 12.8. The molecule has 0 spiro atoms. The van der Waals surface area contributed by atoms with Crippen LogP contribution in [0.25, 0.3) is 0 Å². The van der Waals surface area contributed by atoms with Gasteiger partial charge in [-0.2, -0.15) is 5.10 Å². The van der Waals surface area contributed by atoms with Crippen LogP contribution >= 0.6 is 0 Å². The van der Waals surface area contributed by atoms with E-state index in [-0.39, 0.29) is 13.1 Å². The van der Waals surface area contributed by atoms with E-state index < -0.39 is 11.9 Å². The number of benzene rings is 1. The van der Waals surface area contributed by atoms with E-state index in [4.69, 9.17) is 4.42 Å². The molecule has 2 aromatic rings. The van der Waals surface area contributed by atoms with Crippen molar-refractivity contribution in [2.24, 2.45) is 5.10 Å². The fourth-order valence-electron chi connectivity index (χ4n) is 1.73. The monoisotopic (exact) mass is 314 g/mol. The van der Waals surface area contributed by atoms with Gasteiger partial charge in [-0.05, 0) is 17.7 Å². The van der Waals surface area contributed by atoms with Crippen LogP contribution in [0.1, 0.15) is 11.3 Å². The molecule has 0 unspecified atom stereocenters. The summed E-state index contributed by atoms with van der Waals surface area (Å²) in [4.78, 5) is 23.0. The average Bonchev–Trinajstić information content (AvgIpc) is 3.09. The maximum absolute atomic E-state index is 11.5. The lowest BCUT2D eigenvalue weighted by Crippen LogP contribution is -2.40. The molecule has 1 heterocycles. The zero-order valence-electron chi connectivity index (χ0n) is 12.5. The standard InChI is InChI=1S/C16H18N4O3/c21-15(20-19-9-8-13-5-2-1-3-6-13)12-18-16(22)17-11-14-7-4-10-23-14/h1-7,9-10H,8,11-12H2,(H,20,21)(H2,17,18,22)/b19-9+. The third-order valence-electron chi connectivity index (χ3n) is 2.86. The van der Waals surface area contributed by atoms with Crippen LogP contribution in [0.15, 0.2) is 58.2 Å². The number of furan rings is 1. The quantitative estimate of drug-likeness (QED) is 0.533. The number of urea groups is 1. The first-order chi connectivity index (χ1) is 11.2. The molecule has 0 fully saturated rings. The molecular formula is C16H18N4O3. The molecule has 0 saturated heterocycles. The topological polar surface area (TPSA) is 95.7 Å². The summed E-state index contributed by atoms with van der Waals surface area (Å²) in [7, 11) is 0. The van der Waals surface area contributed by atoms with Gasteiger partial charge in [-0.3, -0.25) is 4.79 Å².